The molecule has 2 nitrogen and oxygen atoms in total. The molecular weight excluding hydrogens is 236 g/mol. The summed E-state index contributed by atoms with van der Waals surface area (Å²) in [7, 11) is 0. The van der Waals surface area contributed by atoms with Crippen molar-refractivity contribution in [2.75, 3.05) is 6.61 Å². The largest absolute Gasteiger partial charge is 0.493 e. The Morgan fingerprint density at radius 1 is 1.11 bits per heavy atom. The van der Waals surface area contributed by atoms with Crippen LogP contribution in [0.1, 0.15) is 29.7 Å². The summed E-state index contributed by atoms with van der Waals surface area (Å²) in [5, 5.41) is 9.77. The zero-order chi connectivity index (χ0) is 13.7. The van der Waals surface area contributed by atoms with Gasteiger partial charge in [0.2, 0.25) is 0 Å². The summed E-state index contributed by atoms with van der Waals surface area (Å²) in [6.07, 6.45) is 0.361. The molecular formula is C17H20O2. The van der Waals surface area contributed by atoms with Gasteiger partial charge < -0.3 is 9.84 Å². The van der Waals surface area contributed by atoms with Crippen molar-refractivity contribution >= 4 is 0 Å². The minimum absolute atomic E-state index is 0.508. The normalized spacial score (nSPS) is 12.2. The summed E-state index contributed by atoms with van der Waals surface area (Å²) in [5.74, 6) is 0.775. The van der Waals surface area contributed by atoms with Crippen molar-refractivity contribution in [1.29, 1.82) is 0 Å². The Hall–Kier alpha value is -1.80. The number of aryl methyl sites for hydroxylation is 1. The van der Waals surface area contributed by atoms with Crippen LogP contribution >= 0.6 is 0 Å². The molecule has 1 N–H and O–H groups in total. The third-order valence-corrected chi connectivity index (χ3v) is 3.11. The second kappa shape index (κ2) is 6.39. The van der Waals surface area contributed by atoms with Gasteiger partial charge in [-0.1, -0.05) is 42.0 Å². The molecule has 2 aromatic carbocycles. The van der Waals surface area contributed by atoms with Crippen LogP contribution in [0.5, 0.6) is 5.75 Å². The molecule has 1 atom stereocenters. The fourth-order valence-corrected chi connectivity index (χ4v) is 2.05. The van der Waals surface area contributed by atoms with Gasteiger partial charge in [-0.15, -0.1) is 0 Å². The van der Waals surface area contributed by atoms with Gasteiger partial charge in [0.15, 0.2) is 0 Å². The van der Waals surface area contributed by atoms with Crippen molar-refractivity contribution < 1.29 is 9.84 Å². The SMILES string of the molecule is Cc1ccc(OCCc2ccccc2)c([C@@H](C)O)c1. The van der Waals surface area contributed by atoms with E-state index in [9.17, 15) is 5.11 Å². The lowest BCUT2D eigenvalue weighted by atomic mass is 10.1. The van der Waals surface area contributed by atoms with E-state index in [1.165, 1.54) is 5.56 Å². The van der Waals surface area contributed by atoms with Gasteiger partial charge >= 0.3 is 0 Å². The zero-order valence-electron chi connectivity index (χ0n) is 11.5. The Labute approximate surface area is 114 Å². The first-order valence-corrected chi connectivity index (χ1v) is 6.62. The molecule has 0 aliphatic heterocycles. The van der Waals surface area contributed by atoms with Gasteiger partial charge in [0.25, 0.3) is 0 Å². The molecule has 19 heavy (non-hydrogen) atoms. The van der Waals surface area contributed by atoms with Gasteiger partial charge in [-0.2, -0.15) is 0 Å². The van der Waals surface area contributed by atoms with Crippen LogP contribution in [0, 0.1) is 6.92 Å². The Morgan fingerprint density at radius 3 is 2.53 bits per heavy atom. The van der Waals surface area contributed by atoms with Crippen molar-refractivity contribution in [1.82, 2.24) is 0 Å². The van der Waals surface area contributed by atoms with Crippen LogP contribution in [-0.2, 0) is 6.42 Å². The van der Waals surface area contributed by atoms with Gasteiger partial charge in [0.1, 0.15) is 5.75 Å². The van der Waals surface area contributed by atoms with E-state index < -0.39 is 6.10 Å². The summed E-state index contributed by atoms with van der Waals surface area (Å²) in [5.41, 5.74) is 3.24. The highest BCUT2D eigenvalue weighted by Crippen LogP contribution is 2.26. The molecule has 0 saturated carbocycles. The van der Waals surface area contributed by atoms with Crippen LogP contribution in [0.25, 0.3) is 0 Å². The third-order valence-electron chi connectivity index (χ3n) is 3.11. The van der Waals surface area contributed by atoms with Crippen molar-refractivity contribution in [3.05, 3.63) is 65.2 Å². The third kappa shape index (κ3) is 3.83. The number of ether oxygens (including phenoxy) is 1. The van der Waals surface area contributed by atoms with Crippen molar-refractivity contribution in [2.24, 2.45) is 0 Å². The predicted molar refractivity (Wildman–Crippen MR) is 77.5 cm³/mol. The van der Waals surface area contributed by atoms with Gasteiger partial charge in [-0.05, 0) is 31.5 Å². The van der Waals surface area contributed by atoms with Crippen LogP contribution in [-0.4, -0.2) is 11.7 Å². The Bertz CT molecular complexity index is 518. The van der Waals surface area contributed by atoms with Crippen LogP contribution in [0.15, 0.2) is 48.5 Å². The van der Waals surface area contributed by atoms with Crippen molar-refractivity contribution in [2.45, 2.75) is 26.4 Å². The molecule has 2 aromatic rings. The van der Waals surface area contributed by atoms with Crippen molar-refractivity contribution in [3.63, 3.8) is 0 Å². The molecule has 0 saturated heterocycles. The molecule has 0 fully saturated rings. The Kier molecular flexibility index (Phi) is 4.58. The van der Waals surface area contributed by atoms with Gasteiger partial charge in [-0.25, -0.2) is 0 Å². The second-order valence-electron chi connectivity index (χ2n) is 4.80. The highest BCUT2D eigenvalue weighted by Gasteiger charge is 2.09. The monoisotopic (exact) mass is 256 g/mol. The maximum Gasteiger partial charge on any atom is 0.125 e. The average Bonchev–Trinajstić information content (AvgIpc) is 2.41. The number of hydrogen-bond donors (Lipinski definition) is 1. The van der Waals surface area contributed by atoms with E-state index in [0.717, 1.165) is 23.3 Å². The second-order valence-corrected chi connectivity index (χ2v) is 4.80. The molecule has 0 aliphatic rings. The first-order chi connectivity index (χ1) is 9.16. The van der Waals surface area contributed by atoms with E-state index in [2.05, 4.69) is 12.1 Å². The van der Waals surface area contributed by atoms with E-state index in [-0.39, 0.29) is 0 Å². The molecule has 0 radical (unpaired) electrons. The Balaban J connectivity index is 2.00. The quantitative estimate of drug-likeness (QED) is 0.884. The molecule has 0 unspecified atom stereocenters. The zero-order valence-corrected chi connectivity index (χ0v) is 11.5. The topological polar surface area (TPSA) is 29.5 Å². The van der Waals surface area contributed by atoms with E-state index in [1.807, 2.05) is 43.3 Å². The molecule has 2 rings (SSSR count). The molecule has 100 valence electrons. The van der Waals surface area contributed by atoms with E-state index in [0.29, 0.717) is 6.61 Å². The number of benzene rings is 2. The summed E-state index contributed by atoms with van der Waals surface area (Å²) in [4.78, 5) is 0. The number of aliphatic hydroxyl groups excluding tert-OH is 1. The fourth-order valence-electron chi connectivity index (χ4n) is 2.05. The smallest absolute Gasteiger partial charge is 0.125 e. The van der Waals surface area contributed by atoms with Crippen LogP contribution in [0.3, 0.4) is 0 Å². The highest BCUT2D eigenvalue weighted by atomic mass is 16.5. The molecule has 0 aliphatic carbocycles. The lowest BCUT2D eigenvalue weighted by molar-refractivity contribution is 0.191. The summed E-state index contributed by atoms with van der Waals surface area (Å²) in [6.45, 7) is 4.39. The van der Waals surface area contributed by atoms with E-state index >= 15 is 0 Å². The van der Waals surface area contributed by atoms with Crippen molar-refractivity contribution in [3.8, 4) is 5.75 Å². The number of aliphatic hydroxyl groups is 1. The van der Waals surface area contributed by atoms with E-state index in [1.54, 1.807) is 6.92 Å². The summed E-state index contributed by atoms with van der Waals surface area (Å²) >= 11 is 0. The van der Waals surface area contributed by atoms with Gasteiger partial charge in [0.05, 0.1) is 12.7 Å². The van der Waals surface area contributed by atoms with Crippen LogP contribution < -0.4 is 4.74 Å². The fraction of sp³-hybridized carbons (Fsp3) is 0.294. The van der Waals surface area contributed by atoms with Gasteiger partial charge in [0, 0.05) is 12.0 Å². The van der Waals surface area contributed by atoms with Crippen LogP contribution in [0.2, 0.25) is 0 Å². The summed E-state index contributed by atoms with van der Waals surface area (Å²) < 4.78 is 5.80. The molecule has 0 amide bonds. The molecule has 0 spiro atoms. The van der Waals surface area contributed by atoms with Gasteiger partial charge in [-0.3, -0.25) is 0 Å². The maximum atomic E-state index is 9.77. The molecule has 0 bridgehead atoms. The van der Waals surface area contributed by atoms with E-state index in [4.69, 9.17) is 4.74 Å². The lowest BCUT2D eigenvalue weighted by Gasteiger charge is -2.14. The summed E-state index contributed by atoms with van der Waals surface area (Å²) in [6, 6.07) is 16.2. The molecule has 2 heteroatoms. The predicted octanol–water partition coefficient (Wildman–Crippen LogP) is 3.67. The average molecular weight is 256 g/mol. The Morgan fingerprint density at radius 2 is 1.84 bits per heavy atom. The molecule has 0 aromatic heterocycles. The minimum atomic E-state index is -0.508. The standard InChI is InChI=1S/C17H20O2/c1-13-8-9-17(16(12-13)14(2)18)19-11-10-15-6-4-3-5-7-15/h3-9,12,14,18H,10-11H2,1-2H3/t14-/m1/s1. The first-order valence-electron chi connectivity index (χ1n) is 6.62. The lowest BCUT2D eigenvalue weighted by Crippen LogP contribution is -2.05. The molecule has 0 heterocycles. The number of rotatable bonds is 5. The number of hydrogen-bond acceptors (Lipinski definition) is 2. The first kappa shape index (κ1) is 13.6. The minimum Gasteiger partial charge on any atom is -0.493 e. The maximum absolute atomic E-state index is 9.77. The highest BCUT2D eigenvalue weighted by molar-refractivity contribution is 5.38. The van der Waals surface area contributed by atoms with Crippen LogP contribution in [0.4, 0.5) is 0 Å².